The van der Waals surface area contributed by atoms with E-state index in [4.69, 9.17) is 0 Å². The van der Waals surface area contributed by atoms with Gasteiger partial charge in [-0.2, -0.15) is 0 Å². The average molecular weight is 313 g/mol. The summed E-state index contributed by atoms with van der Waals surface area (Å²) in [5, 5.41) is 0.576. The highest BCUT2D eigenvalue weighted by Gasteiger charge is 2.10. The Balaban J connectivity index is 2.45. The van der Waals surface area contributed by atoms with E-state index in [9.17, 15) is 4.79 Å². The van der Waals surface area contributed by atoms with Crippen LogP contribution < -0.4 is 0 Å². The molecule has 3 heteroatoms. The number of aryl methyl sites for hydroxylation is 1. The van der Waals surface area contributed by atoms with E-state index in [2.05, 4.69) is 46.3 Å². The number of allylic oxidation sites excluding steroid dienone is 1. The molecule has 0 saturated carbocycles. The third-order valence-electron chi connectivity index (χ3n) is 2.42. The van der Waals surface area contributed by atoms with Crippen LogP contribution in [-0.2, 0) is 11.2 Å². The van der Waals surface area contributed by atoms with Gasteiger partial charge in [0.2, 0.25) is 0 Å². The van der Waals surface area contributed by atoms with Crippen molar-refractivity contribution >= 4 is 32.8 Å². The Kier molecular flexibility index (Phi) is 7.29. The predicted octanol–water partition coefficient (Wildman–Crippen LogP) is 4.57. The molecule has 0 saturated heterocycles. The molecule has 1 unspecified atom stereocenters. The quantitative estimate of drug-likeness (QED) is 0.765. The molecule has 0 aliphatic carbocycles. The summed E-state index contributed by atoms with van der Waals surface area (Å²) in [5.41, 5.74) is 1.34. The molecule has 17 heavy (non-hydrogen) atoms. The van der Waals surface area contributed by atoms with Gasteiger partial charge in [0.05, 0.1) is 0 Å². The van der Waals surface area contributed by atoms with Gasteiger partial charge in [0.15, 0.2) is 5.12 Å². The van der Waals surface area contributed by atoms with Crippen molar-refractivity contribution in [3.63, 3.8) is 0 Å². The van der Waals surface area contributed by atoms with E-state index < -0.39 is 0 Å². The van der Waals surface area contributed by atoms with Crippen LogP contribution >= 0.6 is 27.7 Å². The van der Waals surface area contributed by atoms with Crippen molar-refractivity contribution in [1.29, 1.82) is 0 Å². The fourth-order valence-electron chi connectivity index (χ4n) is 1.64. The molecule has 1 rings (SSSR count). The van der Waals surface area contributed by atoms with Gasteiger partial charge in [-0.3, -0.25) is 4.79 Å². The summed E-state index contributed by atoms with van der Waals surface area (Å²) >= 11 is 4.71. The van der Waals surface area contributed by atoms with Gasteiger partial charge in [-0.15, -0.1) is 0 Å². The van der Waals surface area contributed by atoms with Gasteiger partial charge in [-0.25, -0.2) is 0 Å². The number of halogens is 1. The number of rotatable bonds is 6. The molecular weight excluding hydrogens is 296 g/mol. The van der Waals surface area contributed by atoms with Crippen LogP contribution in [0.4, 0.5) is 0 Å². The summed E-state index contributed by atoms with van der Waals surface area (Å²) in [5.74, 6) is 0. The molecule has 0 heterocycles. The van der Waals surface area contributed by atoms with E-state index in [1.54, 1.807) is 6.92 Å². The molecule has 0 aliphatic heterocycles. The SMILES string of the molecule is CC(=O)SC(C/C=C/Br)CCc1ccccc1. The summed E-state index contributed by atoms with van der Waals surface area (Å²) in [6.45, 7) is 1.64. The summed E-state index contributed by atoms with van der Waals surface area (Å²) in [7, 11) is 0. The molecule has 0 bridgehead atoms. The molecule has 0 radical (unpaired) electrons. The van der Waals surface area contributed by atoms with E-state index >= 15 is 0 Å². The van der Waals surface area contributed by atoms with Crippen LogP contribution in [0.5, 0.6) is 0 Å². The zero-order valence-electron chi connectivity index (χ0n) is 9.93. The van der Waals surface area contributed by atoms with E-state index in [1.165, 1.54) is 17.3 Å². The minimum atomic E-state index is 0.200. The fourth-order valence-corrected chi connectivity index (χ4v) is 2.76. The summed E-state index contributed by atoms with van der Waals surface area (Å²) in [6.07, 6.45) is 5.06. The lowest BCUT2D eigenvalue weighted by atomic mass is 10.1. The lowest BCUT2D eigenvalue weighted by Gasteiger charge is -2.12. The van der Waals surface area contributed by atoms with Crippen molar-refractivity contribution < 1.29 is 4.79 Å². The zero-order valence-corrected chi connectivity index (χ0v) is 12.3. The minimum Gasteiger partial charge on any atom is -0.288 e. The van der Waals surface area contributed by atoms with Crippen LogP contribution in [0.1, 0.15) is 25.3 Å². The van der Waals surface area contributed by atoms with Gasteiger partial charge < -0.3 is 0 Å². The second-order valence-corrected chi connectivity index (χ2v) is 5.86. The van der Waals surface area contributed by atoms with Gasteiger partial charge in [0.1, 0.15) is 0 Å². The average Bonchev–Trinajstić information content (AvgIpc) is 2.33. The number of hydrogen-bond donors (Lipinski definition) is 0. The van der Waals surface area contributed by atoms with Gasteiger partial charge in [-0.05, 0) is 29.8 Å². The maximum atomic E-state index is 11.2. The molecule has 92 valence electrons. The second-order valence-electron chi connectivity index (χ2n) is 3.85. The lowest BCUT2D eigenvalue weighted by Crippen LogP contribution is -2.06. The molecule has 0 spiro atoms. The van der Waals surface area contributed by atoms with Crippen molar-refractivity contribution in [1.82, 2.24) is 0 Å². The van der Waals surface area contributed by atoms with E-state index in [0.29, 0.717) is 5.25 Å². The first-order valence-electron chi connectivity index (χ1n) is 5.68. The predicted molar refractivity (Wildman–Crippen MR) is 79.5 cm³/mol. The summed E-state index contributed by atoms with van der Waals surface area (Å²) < 4.78 is 0. The highest BCUT2D eigenvalue weighted by atomic mass is 79.9. The number of benzene rings is 1. The number of carbonyl (C=O) groups is 1. The molecule has 1 aromatic carbocycles. The molecule has 0 aromatic heterocycles. The topological polar surface area (TPSA) is 17.1 Å². The first-order chi connectivity index (χ1) is 8.22. The Hall–Kier alpha value is -0.540. The maximum absolute atomic E-state index is 11.2. The molecular formula is C14H17BrOS. The number of carbonyl (C=O) groups excluding carboxylic acids is 1. The monoisotopic (exact) mass is 312 g/mol. The molecule has 0 aliphatic rings. The highest BCUT2D eigenvalue weighted by molar-refractivity contribution is 9.11. The third-order valence-corrected chi connectivity index (χ3v) is 3.89. The van der Waals surface area contributed by atoms with Crippen molar-refractivity contribution in [2.45, 2.75) is 31.4 Å². The van der Waals surface area contributed by atoms with Crippen LogP contribution in [0.25, 0.3) is 0 Å². The molecule has 0 amide bonds. The Bertz CT molecular complexity index is 362. The van der Waals surface area contributed by atoms with Gasteiger partial charge in [0, 0.05) is 12.2 Å². The van der Waals surface area contributed by atoms with Crippen molar-refractivity contribution in [2.24, 2.45) is 0 Å². The summed E-state index contributed by atoms with van der Waals surface area (Å²) in [6, 6.07) is 10.4. The number of thioether (sulfide) groups is 1. The van der Waals surface area contributed by atoms with Gasteiger partial charge >= 0.3 is 0 Å². The molecule has 1 nitrogen and oxygen atoms in total. The maximum Gasteiger partial charge on any atom is 0.186 e. The fraction of sp³-hybridized carbons (Fsp3) is 0.357. The van der Waals surface area contributed by atoms with E-state index in [1.807, 2.05) is 11.1 Å². The van der Waals surface area contributed by atoms with Gasteiger partial charge in [-0.1, -0.05) is 64.1 Å². The van der Waals surface area contributed by atoms with Crippen LogP contribution in [0.3, 0.4) is 0 Å². The van der Waals surface area contributed by atoms with Crippen LogP contribution in [-0.4, -0.2) is 10.4 Å². The minimum absolute atomic E-state index is 0.200. The molecule has 1 atom stereocenters. The first-order valence-corrected chi connectivity index (χ1v) is 7.48. The standard InChI is InChI=1S/C14H17BrOS/c1-12(16)17-14(8-5-11-15)10-9-13-6-3-2-4-7-13/h2-7,11,14H,8-10H2,1H3/b11-5+. The van der Waals surface area contributed by atoms with Crippen molar-refractivity contribution in [3.05, 3.63) is 47.0 Å². The molecule has 0 N–H and O–H groups in total. The smallest absolute Gasteiger partial charge is 0.186 e. The Labute approximate surface area is 116 Å². The summed E-state index contributed by atoms with van der Waals surface area (Å²) in [4.78, 5) is 13.0. The molecule has 1 aromatic rings. The van der Waals surface area contributed by atoms with Crippen molar-refractivity contribution in [2.75, 3.05) is 0 Å². The van der Waals surface area contributed by atoms with Gasteiger partial charge in [0.25, 0.3) is 0 Å². The van der Waals surface area contributed by atoms with Crippen LogP contribution in [0, 0.1) is 0 Å². The van der Waals surface area contributed by atoms with Crippen LogP contribution in [0.15, 0.2) is 41.4 Å². The Morgan fingerprint density at radius 3 is 2.71 bits per heavy atom. The Morgan fingerprint density at radius 2 is 2.12 bits per heavy atom. The van der Waals surface area contributed by atoms with E-state index in [-0.39, 0.29) is 5.12 Å². The normalized spacial score (nSPS) is 12.8. The van der Waals surface area contributed by atoms with Crippen molar-refractivity contribution in [3.8, 4) is 0 Å². The number of hydrogen-bond acceptors (Lipinski definition) is 2. The second kappa shape index (κ2) is 8.54. The van der Waals surface area contributed by atoms with Crippen LogP contribution in [0.2, 0.25) is 0 Å². The molecule has 0 fully saturated rings. The third kappa shape index (κ3) is 6.69. The zero-order chi connectivity index (χ0) is 12.5. The van der Waals surface area contributed by atoms with E-state index in [0.717, 1.165) is 19.3 Å². The highest BCUT2D eigenvalue weighted by Crippen LogP contribution is 2.22. The first kappa shape index (κ1) is 14.5. The Morgan fingerprint density at radius 1 is 1.41 bits per heavy atom. The lowest BCUT2D eigenvalue weighted by molar-refractivity contribution is -0.109. The largest absolute Gasteiger partial charge is 0.288 e.